The van der Waals surface area contributed by atoms with Gasteiger partial charge in [-0.25, -0.2) is 14.4 Å². The van der Waals surface area contributed by atoms with E-state index in [0.29, 0.717) is 22.8 Å². The lowest BCUT2D eigenvalue weighted by atomic mass is 10.1. The molecule has 6 nitrogen and oxygen atoms in total. The maximum Gasteiger partial charge on any atom is 0.266 e. The predicted octanol–water partition coefficient (Wildman–Crippen LogP) is 2.74. The van der Waals surface area contributed by atoms with Crippen LogP contribution in [0.4, 0.5) is 10.1 Å². The van der Waals surface area contributed by atoms with Gasteiger partial charge >= 0.3 is 0 Å². The number of hydrogen-bond acceptors (Lipinski definition) is 5. The highest BCUT2D eigenvalue weighted by atomic mass is 35.5. The first-order valence-corrected chi connectivity index (χ1v) is 9.16. The second-order valence-corrected chi connectivity index (χ2v) is 7.06. The zero-order valence-electron chi connectivity index (χ0n) is 14.9. The Kier molecular flexibility index (Phi) is 4.80. The van der Waals surface area contributed by atoms with Crippen LogP contribution in [0, 0.1) is 12.7 Å². The van der Waals surface area contributed by atoms with Crippen LogP contribution in [0.3, 0.4) is 0 Å². The number of nitrogens with zero attached hydrogens (tertiary/aromatic N) is 4. The summed E-state index contributed by atoms with van der Waals surface area (Å²) in [7, 11) is 0. The van der Waals surface area contributed by atoms with Crippen LogP contribution >= 0.6 is 11.6 Å². The quantitative estimate of drug-likeness (QED) is 0.700. The van der Waals surface area contributed by atoms with Crippen LogP contribution in [0.25, 0.3) is 11.0 Å². The second-order valence-electron chi connectivity index (χ2n) is 6.71. The summed E-state index contributed by atoms with van der Waals surface area (Å²) in [6.07, 6.45) is 1.16. The van der Waals surface area contributed by atoms with E-state index in [1.807, 2.05) is 19.1 Å². The third-order valence-electron chi connectivity index (χ3n) is 4.84. The number of hydrogen-bond donors (Lipinski definition) is 1. The van der Waals surface area contributed by atoms with Gasteiger partial charge in [0, 0.05) is 44.0 Å². The third-order valence-corrected chi connectivity index (χ3v) is 5.12. The first-order chi connectivity index (χ1) is 13.0. The number of piperazine rings is 1. The maximum absolute atomic E-state index is 14.8. The topological polar surface area (TPSA) is 65.1 Å². The number of aromatic amines is 1. The largest absolute Gasteiger partial charge is 0.366 e. The highest BCUT2D eigenvalue weighted by molar-refractivity contribution is 6.32. The standard InChI is InChI=1S/C19H19ClFN5O/c1-12-2-5-15(19(20)23-12)26-8-6-25(7-9-26)11-13-3-4-14-18(17(13)21)24-16(27)10-22-14/h2-5,10H,6-9,11H2,1H3,(H,24,27). The van der Waals surface area contributed by atoms with E-state index in [1.54, 1.807) is 12.1 Å². The fourth-order valence-corrected chi connectivity index (χ4v) is 3.70. The number of pyridine rings is 1. The van der Waals surface area contributed by atoms with Gasteiger partial charge in [0.05, 0.1) is 17.4 Å². The molecular formula is C19H19ClFN5O. The lowest BCUT2D eigenvalue weighted by Gasteiger charge is -2.36. The highest BCUT2D eigenvalue weighted by Gasteiger charge is 2.21. The van der Waals surface area contributed by atoms with Crippen molar-refractivity contribution in [1.82, 2.24) is 19.9 Å². The minimum absolute atomic E-state index is 0.163. The smallest absolute Gasteiger partial charge is 0.266 e. The molecule has 1 saturated heterocycles. The van der Waals surface area contributed by atoms with Gasteiger partial charge in [-0.3, -0.25) is 9.69 Å². The number of aromatic nitrogens is 3. The molecule has 27 heavy (non-hydrogen) atoms. The van der Waals surface area contributed by atoms with E-state index in [-0.39, 0.29) is 5.52 Å². The summed E-state index contributed by atoms with van der Waals surface area (Å²) in [5.41, 5.74) is 2.58. The maximum atomic E-state index is 14.8. The van der Waals surface area contributed by atoms with Crippen LogP contribution in [0.15, 0.2) is 35.3 Å². The minimum Gasteiger partial charge on any atom is -0.366 e. The van der Waals surface area contributed by atoms with Crippen LogP contribution in [0.1, 0.15) is 11.3 Å². The van der Waals surface area contributed by atoms with Gasteiger partial charge in [-0.05, 0) is 25.1 Å². The first-order valence-electron chi connectivity index (χ1n) is 8.78. The molecule has 1 aliphatic rings. The SMILES string of the molecule is Cc1ccc(N2CCN(Cc3ccc4ncc(=O)[nH]c4c3F)CC2)c(Cl)n1. The predicted molar refractivity (Wildman–Crippen MR) is 104 cm³/mol. The molecule has 0 aliphatic carbocycles. The molecule has 140 valence electrons. The van der Waals surface area contributed by atoms with Gasteiger partial charge in [0.2, 0.25) is 0 Å². The number of fused-ring (bicyclic) bond motifs is 1. The van der Waals surface area contributed by atoms with Crippen LogP contribution in [0.5, 0.6) is 0 Å². The van der Waals surface area contributed by atoms with Gasteiger partial charge in [0.15, 0.2) is 11.0 Å². The Labute approximate surface area is 160 Å². The summed E-state index contributed by atoms with van der Waals surface area (Å²) in [4.78, 5) is 26.6. The molecule has 1 aromatic carbocycles. The van der Waals surface area contributed by atoms with Gasteiger partial charge in [-0.2, -0.15) is 0 Å². The first kappa shape index (κ1) is 17.9. The Hall–Kier alpha value is -2.51. The average Bonchev–Trinajstić information content (AvgIpc) is 2.65. The molecule has 0 saturated carbocycles. The Balaban J connectivity index is 1.47. The van der Waals surface area contributed by atoms with Crippen LogP contribution in [0.2, 0.25) is 5.15 Å². The zero-order valence-corrected chi connectivity index (χ0v) is 15.6. The van der Waals surface area contributed by atoms with Crippen LogP contribution in [-0.2, 0) is 6.54 Å². The molecule has 2 aromatic heterocycles. The normalized spacial score (nSPS) is 15.4. The van der Waals surface area contributed by atoms with E-state index in [2.05, 4.69) is 24.8 Å². The summed E-state index contributed by atoms with van der Waals surface area (Å²) >= 11 is 6.27. The van der Waals surface area contributed by atoms with E-state index >= 15 is 0 Å². The summed E-state index contributed by atoms with van der Waals surface area (Å²) in [6.45, 7) is 5.54. The van der Waals surface area contributed by atoms with E-state index in [4.69, 9.17) is 11.6 Å². The molecule has 3 heterocycles. The van der Waals surface area contributed by atoms with Crippen molar-refractivity contribution in [2.45, 2.75) is 13.5 Å². The average molecular weight is 388 g/mol. The van der Waals surface area contributed by atoms with Gasteiger partial charge < -0.3 is 9.88 Å². The molecule has 8 heteroatoms. The highest BCUT2D eigenvalue weighted by Crippen LogP contribution is 2.26. The fraction of sp³-hybridized carbons (Fsp3) is 0.316. The van der Waals surface area contributed by atoms with Gasteiger partial charge in [0.1, 0.15) is 5.52 Å². The van der Waals surface area contributed by atoms with Crippen molar-refractivity contribution in [3.05, 3.63) is 63.0 Å². The molecule has 1 aliphatic heterocycles. The van der Waals surface area contributed by atoms with Crippen molar-refractivity contribution in [1.29, 1.82) is 0 Å². The van der Waals surface area contributed by atoms with Crippen molar-refractivity contribution >= 4 is 28.3 Å². The molecule has 0 radical (unpaired) electrons. The van der Waals surface area contributed by atoms with Crippen molar-refractivity contribution in [3.63, 3.8) is 0 Å². The summed E-state index contributed by atoms with van der Waals surface area (Å²) in [6, 6.07) is 7.41. The Bertz CT molecular complexity index is 1050. The molecule has 1 N–H and O–H groups in total. The summed E-state index contributed by atoms with van der Waals surface area (Å²) in [5, 5.41) is 0.514. The summed E-state index contributed by atoms with van der Waals surface area (Å²) in [5.74, 6) is -0.411. The molecule has 1 fully saturated rings. The molecule has 0 amide bonds. The lowest BCUT2D eigenvalue weighted by Crippen LogP contribution is -2.46. The van der Waals surface area contributed by atoms with Gasteiger partial charge in [-0.1, -0.05) is 17.7 Å². The van der Waals surface area contributed by atoms with Crippen molar-refractivity contribution in [2.75, 3.05) is 31.1 Å². The van der Waals surface area contributed by atoms with Crippen molar-refractivity contribution < 1.29 is 4.39 Å². The fourth-order valence-electron chi connectivity index (χ4n) is 3.38. The van der Waals surface area contributed by atoms with E-state index in [1.165, 1.54) is 0 Å². The molecule has 0 bridgehead atoms. The molecule has 3 aromatic rings. The molecule has 4 rings (SSSR count). The van der Waals surface area contributed by atoms with E-state index < -0.39 is 11.4 Å². The lowest BCUT2D eigenvalue weighted by molar-refractivity contribution is 0.247. The summed E-state index contributed by atoms with van der Waals surface area (Å²) < 4.78 is 14.8. The number of rotatable bonds is 3. The molecule has 0 atom stereocenters. The van der Waals surface area contributed by atoms with Gasteiger partial charge in [-0.15, -0.1) is 0 Å². The number of aryl methyl sites for hydroxylation is 1. The van der Waals surface area contributed by atoms with Crippen LogP contribution in [-0.4, -0.2) is 46.0 Å². The monoisotopic (exact) mass is 387 g/mol. The second kappa shape index (κ2) is 7.25. The van der Waals surface area contributed by atoms with Crippen molar-refractivity contribution in [2.24, 2.45) is 0 Å². The van der Waals surface area contributed by atoms with Crippen molar-refractivity contribution in [3.8, 4) is 0 Å². The number of benzene rings is 1. The van der Waals surface area contributed by atoms with E-state index in [0.717, 1.165) is 43.8 Å². The number of nitrogens with one attached hydrogen (secondary N) is 1. The van der Waals surface area contributed by atoms with Crippen LogP contribution < -0.4 is 10.5 Å². The molecule has 0 spiro atoms. The minimum atomic E-state index is -0.411. The molecule has 0 unspecified atom stereocenters. The third kappa shape index (κ3) is 3.65. The zero-order chi connectivity index (χ0) is 19.0. The Morgan fingerprint density at radius 2 is 1.96 bits per heavy atom. The number of anilines is 1. The van der Waals surface area contributed by atoms with Gasteiger partial charge in [0.25, 0.3) is 5.56 Å². The Morgan fingerprint density at radius 1 is 1.19 bits per heavy atom. The Morgan fingerprint density at radius 3 is 2.70 bits per heavy atom. The number of H-pyrrole nitrogens is 1. The molecular weight excluding hydrogens is 369 g/mol. The number of halogens is 2. The van der Waals surface area contributed by atoms with E-state index in [9.17, 15) is 9.18 Å².